The molecule has 1 aliphatic rings. The number of nitrogens with one attached hydrogen (secondary N) is 1. The highest BCUT2D eigenvalue weighted by molar-refractivity contribution is 6.33. The summed E-state index contributed by atoms with van der Waals surface area (Å²) in [4.78, 5) is 22.1. The molecular formula is C30H30ClN5O4. The molecule has 0 unspecified atom stereocenters. The van der Waals surface area contributed by atoms with Gasteiger partial charge in [0, 0.05) is 54.8 Å². The number of ether oxygens (including phenoxy) is 2. The number of benzene rings is 2. The molecule has 0 aliphatic carbocycles. The summed E-state index contributed by atoms with van der Waals surface area (Å²) in [5, 5.41) is 14.4. The van der Waals surface area contributed by atoms with Gasteiger partial charge in [-0.2, -0.15) is 5.26 Å². The summed E-state index contributed by atoms with van der Waals surface area (Å²) in [6.07, 6.45) is 7.03. The van der Waals surface area contributed by atoms with Crippen LogP contribution in [0.15, 0.2) is 66.2 Å². The van der Waals surface area contributed by atoms with Crippen LogP contribution in [0.1, 0.15) is 32.3 Å². The monoisotopic (exact) mass is 559 g/mol. The van der Waals surface area contributed by atoms with E-state index in [1.807, 2.05) is 32.0 Å². The molecule has 2 aromatic carbocycles. The maximum absolute atomic E-state index is 11.9. The summed E-state index contributed by atoms with van der Waals surface area (Å²) >= 11 is 6.39. The molecule has 5 rings (SSSR count). The molecule has 3 heterocycles. The standard InChI is InChI=1S/C28H24ClN5O4.C2H6/c1-3-27(35)34-8-6-19(7-9-34)38-25-11-21-23(12-24(25)36-2)32-14-17(13-30)28(21)33-18-4-5-22(29)20(10-18)26-15-31-16-37-26;1-2/h3-5,10-12,14-16,19H,1,6-9H2,2H3,(H,32,33);1-2H3. The second kappa shape index (κ2) is 13.0. The quantitative estimate of drug-likeness (QED) is 0.247. The second-order valence-electron chi connectivity index (χ2n) is 8.71. The van der Waals surface area contributed by atoms with E-state index in [2.05, 4.69) is 27.9 Å². The molecule has 1 amide bonds. The Morgan fingerprint density at radius 3 is 2.65 bits per heavy atom. The first-order valence-corrected chi connectivity index (χ1v) is 13.3. The molecule has 4 aromatic rings. The van der Waals surface area contributed by atoms with Gasteiger partial charge in [0.05, 0.1) is 35.1 Å². The number of rotatable bonds is 7. The van der Waals surface area contributed by atoms with Gasteiger partial charge in [0.2, 0.25) is 5.91 Å². The maximum Gasteiger partial charge on any atom is 0.245 e. The van der Waals surface area contributed by atoms with Gasteiger partial charge in [-0.25, -0.2) is 4.98 Å². The molecule has 1 N–H and O–H groups in total. The number of pyridine rings is 1. The van der Waals surface area contributed by atoms with Crippen LogP contribution in [0.2, 0.25) is 5.02 Å². The van der Waals surface area contributed by atoms with Crippen molar-refractivity contribution in [2.75, 3.05) is 25.5 Å². The predicted octanol–water partition coefficient (Wildman–Crippen LogP) is 6.75. The number of methoxy groups -OCH3 is 1. The van der Waals surface area contributed by atoms with Gasteiger partial charge < -0.3 is 24.1 Å². The van der Waals surface area contributed by atoms with E-state index >= 15 is 0 Å². The Hall–Kier alpha value is -4.55. The Morgan fingerprint density at radius 2 is 2.00 bits per heavy atom. The van der Waals surface area contributed by atoms with Gasteiger partial charge in [0.1, 0.15) is 12.2 Å². The number of aromatic nitrogens is 2. The lowest BCUT2D eigenvalue weighted by atomic mass is 10.1. The minimum absolute atomic E-state index is 0.0776. The van der Waals surface area contributed by atoms with Gasteiger partial charge in [-0.15, -0.1) is 0 Å². The van der Waals surface area contributed by atoms with E-state index in [4.69, 9.17) is 25.5 Å². The minimum atomic E-state index is -0.0977. The number of carbonyl (C=O) groups excluding carboxylic acids is 1. The van der Waals surface area contributed by atoms with Crippen molar-refractivity contribution < 1.29 is 18.7 Å². The highest BCUT2D eigenvalue weighted by Crippen LogP contribution is 2.39. The molecule has 0 spiro atoms. The van der Waals surface area contributed by atoms with Gasteiger partial charge in [-0.3, -0.25) is 9.78 Å². The van der Waals surface area contributed by atoms with E-state index in [0.717, 1.165) is 0 Å². The van der Waals surface area contributed by atoms with Crippen molar-refractivity contribution in [3.8, 4) is 28.9 Å². The zero-order valence-corrected chi connectivity index (χ0v) is 23.4. The molecule has 10 heteroatoms. The summed E-state index contributed by atoms with van der Waals surface area (Å²) in [6.45, 7) is 8.73. The molecule has 0 atom stereocenters. The number of hydrogen-bond acceptors (Lipinski definition) is 8. The van der Waals surface area contributed by atoms with Crippen molar-refractivity contribution in [1.82, 2.24) is 14.9 Å². The smallest absolute Gasteiger partial charge is 0.245 e. The first-order chi connectivity index (χ1) is 19.5. The molecule has 1 saturated heterocycles. The predicted molar refractivity (Wildman–Crippen MR) is 155 cm³/mol. The number of anilines is 2. The molecule has 0 radical (unpaired) electrons. The normalized spacial score (nSPS) is 13.1. The molecule has 0 bridgehead atoms. The fourth-order valence-electron chi connectivity index (χ4n) is 4.46. The van der Waals surface area contributed by atoms with Crippen molar-refractivity contribution in [1.29, 1.82) is 5.26 Å². The zero-order valence-electron chi connectivity index (χ0n) is 22.6. The van der Waals surface area contributed by atoms with E-state index in [9.17, 15) is 10.1 Å². The Kier molecular flexibility index (Phi) is 9.25. The zero-order chi connectivity index (χ0) is 28.6. The van der Waals surface area contributed by atoms with Crippen LogP contribution in [0.25, 0.3) is 22.2 Å². The highest BCUT2D eigenvalue weighted by atomic mass is 35.5. The molecule has 1 aliphatic heterocycles. The van der Waals surface area contributed by atoms with Crippen LogP contribution in [0, 0.1) is 11.3 Å². The van der Waals surface area contributed by atoms with Crippen LogP contribution in [0.3, 0.4) is 0 Å². The van der Waals surface area contributed by atoms with Gasteiger partial charge in [-0.1, -0.05) is 32.0 Å². The van der Waals surface area contributed by atoms with E-state index < -0.39 is 0 Å². The van der Waals surface area contributed by atoms with Crippen molar-refractivity contribution >= 4 is 39.8 Å². The fourth-order valence-corrected chi connectivity index (χ4v) is 4.67. The number of hydrogen-bond donors (Lipinski definition) is 1. The van der Waals surface area contributed by atoms with Gasteiger partial charge >= 0.3 is 0 Å². The van der Waals surface area contributed by atoms with Crippen LogP contribution < -0.4 is 14.8 Å². The molecule has 9 nitrogen and oxygen atoms in total. The van der Waals surface area contributed by atoms with Gasteiger partial charge in [-0.05, 0) is 30.3 Å². The third-order valence-corrected chi connectivity index (χ3v) is 6.76. The highest BCUT2D eigenvalue weighted by Gasteiger charge is 2.24. The lowest BCUT2D eigenvalue weighted by Gasteiger charge is -2.31. The summed E-state index contributed by atoms with van der Waals surface area (Å²) in [5.74, 6) is 1.52. The number of nitriles is 1. The average Bonchev–Trinajstić information content (AvgIpc) is 3.54. The van der Waals surface area contributed by atoms with E-state index in [1.54, 1.807) is 30.3 Å². The van der Waals surface area contributed by atoms with Crippen LogP contribution in [-0.4, -0.2) is 47.1 Å². The Labute approximate surface area is 238 Å². The lowest BCUT2D eigenvalue weighted by Crippen LogP contribution is -2.41. The second-order valence-corrected chi connectivity index (χ2v) is 9.12. The van der Waals surface area contributed by atoms with Crippen LogP contribution >= 0.6 is 11.6 Å². The molecule has 206 valence electrons. The molecule has 1 fully saturated rings. The SMILES string of the molecule is C=CC(=O)N1CCC(Oc2cc3c(Nc4ccc(Cl)c(-c5cnco5)c4)c(C#N)cnc3cc2OC)CC1.CC. The molecule has 0 saturated carbocycles. The average molecular weight is 560 g/mol. The molecular weight excluding hydrogens is 530 g/mol. The maximum atomic E-state index is 11.9. The molecule has 40 heavy (non-hydrogen) atoms. The number of halogens is 1. The summed E-state index contributed by atoms with van der Waals surface area (Å²) in [6, 6.07) is 11.2. The number of fused-ring (bicyclic) bond motifs is 1. The number of nitrogens with zero attached hydrogens (tertiary/aromatic N) is 4. The molecule has 2 aromatic heterocycles. The van der Waals surface area contributed by atoms with Gasteiger partial charge in [0.15, 0.2) is 23.7 Å². The Balaban J connectivity index is 0.00000181. The van der Waals surface area contributed by atoms with Crippen molar-refractivity contribution in [2.24, 2.45) is 0 Å². The largest absolute Gasteiger partial charge is 0.493 e. The van der Waals surface area contributed by atoms with Crippen molar-refractivity contribution in [3.63, 3.8) is 0 Å². The summed E-state index contributed by atoms with van der Waals surface area (Å²) in [5.41, 5.74) is 2.93. The number of likely N-dealkylation sites (tertiary alicyclic amines) is 1. The summed E-state index contributed by atoms with van der Waals surface area (Å²) < 4.78 is 17.4. The van der Waals surface area contributed by atoms with Crippen LogP contribution in [0.5, 0.6) is 11.5 Å². The number of oxazole rings is 1. The summed E-state index contributed by atoms with van der Waals surface area (Å²) in [7, 11) is 1.57. The minimum Gasteiger partial charge on any atom is -0.493 e. The first-order valence-electron chi connectivity index (χ1n) is 12.9. The lowest BCUT2D eigenvalue weighted by molar-refractivity contribution is -0.127. The van der Waals surface area contributed by atoms with Gasteiger partial charge in [0.25, 0.3) is 0 Å². The number of carbonyl (C=O) groups is 1. The number of amides is 1. The van der Waals surface area contributed by atoms with E-state index in [1.165, 1.54) is 18.7 Å². The van der Waals surface area contributed by atoms with Crippen LogP contribution in [-0.2, 0) is 4.79 Å². The first kappa shape index (κ1) is 28.5. The Morgan fingerprint density at radius 1 is 1.23 bits per heavy atom. The third kappa shape index (κ3) is 6.03. The van der Waals surface area contributed by atoms with Crippen molar-refractivity contribution in [2.45, 2.75) is 32.8 Å². The van der Waals surface area contributed by atoms with E-state index in [0.29, 0.717) is 81.6 Å². The van der Waals surface area contributed by atoms with Crippen LogP contribution in [0.4, 0.5) is 11.4 Å². The fraction of sp³-hybridized carbons (Fsp3) is 0.267. The third-order valence-electron chi connectivity index (χ3n) is 6.43. The Bertz CT molecular complexity index is 1540. The van der Waals surface area contributed by atoms with E-state index in [-0.39, 0.29) is 12.0 Å². The number of piperidine rings is 1. The topological polar surface area (TPSA) is 114 Å². The van der Waals surface area contributed by atoms with Crippen molar-refractivity contribution in [3.05, 3.63) is 72.4 Å².